The van der Waals surface area contributed by atoms with E-state index in [0.29, 0.717) is 12.1 Å². The average Bonchev–Trinajstić information content (AvgIpc) is 2.60. The third-order valence-electron chi connectivity index (χ3n) is 3.60. The molecule has 3 N–H and O–H groups in total. The molecule has 0 aliphatic carbocycles. The van der Waals surface area contributed by atoms with Crippen LogP contribution in [0.15, 0.2) is 30.3 Å². The van der Waals surface area contributed by atoms with Crippen LogP contribution in [0.25, 0.3) is 0 Å². The van der Waals surface area contributed by atoms with Crippen LogP contribution in [0.1, 0.15) is 26.2 Å². The van der Waals surface area contributed by atoms with E-state index in [1.165, 1.54) is 0 Å². The molecule has 0 amide bonds. The van der Waals surface area contributed by atoms with E-state index < -0.39 is 21.8 Å². The summed E-state index contributed by atoms with van der Waals surface area (Å²) >= 11 is 8.18. The summed E-state index contributed by atoms with van der Waals surface area (Å²) in [5, 5.41) is 2.96. The molecule has 5 nitrogen and oxygen atoms in total. The van der Waals surface area contributed by atoms with Gasteiger partial charge in [0, 0.05) is 10.1 Å². The maximum absolute atomic E-state index is 14.3. The molecule has 148 valence electrons. The first-order chi connectivity index (χ1) is 12.7. The summed E-state index contributed by atoms with van der Waals surface area (Å²) in [6, 6.07) is 6.96. The summed E-state index contributed by atoms with van der Waals surface area (Å²) in [7, 11) is -3.94. The van der Waals surface area contributed by atoms with Crippen molar-refractivity contribution >= 4 is 61.5 Å². The minimum atomic E-state index is -3.94. The molecule has 0 heterocycles. The number of nitrogens with one attached hydrogen (secondary N) is 3. The highest BCUT2D eigenvalue weighted by atomic mass is 127. The fraction of sp³-hybridized carbons (Fsp3) is 0.294. The highest BCUT2D eigenvalue weighted by Crippen LogP contribution is 2.34. The molecule has 27 heavy (non-hydrogen) atoms. The lowest BCUT2D eigenvalue weighted by molar-refractivity contribution is 0.512. The zero-order valence-corrected chi connectivity index (χ0v) is 18.2. The summed E-state index contributed by atoms with van der Waals surface area (Å²) in [5.74, 6) is -2.33. The molecule has 0 bridgehead atoms. The Hall–Kier alpha value is -1.17. The van der Waals surface area contributed by atoms with Crippen molar-refractivity contribution in [1.82, 2.24) is 4.72 Å². The Morgan fingerprint density at radius 1 is 1.11 bits per heavy atom. The van der Waals surface area contributed by atoms with Gasteiger partial charge in [0.15, 0.2) is 11.6 Å². The van der Waals surface area contributed by atoms with Crippen molar-refractivity contribution in [3.63, 3.8) is 0 Å². The van der Waals surface area contributed by atoms with E-state index in [-0.39, 0.29) is 22.9 Å². The highest BCUT2D eigenvalue weighted by Gasteiger charge is 2.19. The summed E-state index contributed by atoms with van der Waals surface area (Å²) in [6.07, 6.45) is 2.51. The Bertz CT molecular complexity index is 913. The van der Waals surface area contributed by atoms with Gasteiger partial charge in [-0.1, -0.05) is 31.4 Å². The van der Waals surface area contributed by atoms with E-state index in [9.17, 15) is 17.2 Å². The van der Waals surface area contributed by atoms with Crippen LogP contribution in [0.4, 0.5) is 25.8 Å². The van der Waals surface area contributed by atoms with Gasteiger partial charge in [0.05, 0.1) is 16.4 Å². The van der Waals surface area contributed by atoms with Crippen molar-refractivity contribution in [2.75, 3.05) is 16.6 Å². The number of hydrogen-bond acceptors (Lipinski definition) is 3. The molecule has 0 saturated carbocycles. The predicted octanol–water partition coefficient (Wildman–Crippen LogP) is 5.40. The van der Waals surface area contributed by atoms with Gasteiger partial charge in [0.1, 0.15) is 5.69 Å². The minimum absolute atomic E-state index is 0.133. The normalized spacial score (nSPS) is 11.4. The fourth-order valence-electron chi connectivity index (χ4n) is 2.25. The molecule has 0 atom stereocenters. The molecule has 10 heteroatoms. The van der Waals surface area contributed by atoms with E-state index in [4.69, 9.17) is 11.6 Å². The number of hydrogen-bond donors (Lipinski definition) is 3. The van der Waals surface area contributed by atoms with Crippen LogP contribution < -0.4 is 14.8 Å². The zero-order valence-electron chi connectivity index (χ0n) is 14.5. The second kappa shape index (κ2) is 9.85. The molecule has 0 saturated heterocycles. The van der Waals surface area contributed by atoms with Gasteiger partial charge in [-0.15, -0.1) is 0 Å². The Kier molecular flexibility index (Phi) is 8.07. The van der Waals surface area contributed by atoms with Crippen LogP contribution >= 0.6 is 34.2 Å². The van der Waals surface area contributed by atoms with Gasteiger partial charge in [-0.2, -0.15) is 13.1 Å². The smallest absolute Gasteiger partial charge is 0.299 e. The minimum Gasteiger partial charge on any atom is -0.350 e. The zero-order chi connectivity index (χ0) is 20.0. The monoisotopic (exact) mass is 529 g/mol. The Morgan fingerprint density at radius 3 is 2.48 bits per heavy atom. The first kappa shape index (κ1) is 22.1. The summed E-state index contributed by atoms with van der Waals surface area (Å²) in [4.78, 5) is 0. The van der Waals surface area contributed by atoms with E-state index in [1.807, 2.05) is 6.92 Å². The second-order valence-electron chi connectivity index (χ2n) is 5.74. The van der Waals surface area contributed by atoms with Crippen molar-refractivity contribution in [1.29, 1.82) is 0 Å². The topological polar surface area (TPSA) is 70.2 Å². The Morgan fingerprint density at radius 2 is 1.81 bits per heavy atom. The van der Waals surface area contributed by atoms with Crippen LogP contribution in [0.2, 0.25) is 5.02 Å². The van der Waals surface area contributed by atoms with Crippen molar-refractivity contribution in [2.24, 2.45) is 0 Å². The lowest BCUT2D eigenvalue weighted by atomic mass is 10.2. The lowest BCUT2D eigenvalue weighted by Crippen LogP contribution is -2.31. The average molecular weight is 530 g/mol. The summed E-state index contributed by atoms with van der Waals surface area (Å²) in [6.45, 7) is 2.25. The fourth-order valence-corrected chi connectivity index (χ4v) is 4.09. The van der Waals surface area contributed by atoms with Crippen LogP contribution in [0, 0.1) is 15.2 Å². The number of halogens is 4. The number of anilines is 3. The van der Waals surface area contributed by atoms with Gasteiger partial charge in [0.2, 0.25) is 0 Å². The molecule has 2 rings (SSSR count). The van der Waals surface area contributed by atoms with Gasteiger partial charge >= 0.3 is 0 Å². The molecular formula is C17H19ClF2IN3O2S. The van der Waals surface area contributed by atoms with Crippen molar-refractivity contribution in [3.8, 4) is 0 Å². The first-order valence-corrected chi connectivity index (χ1v) is 11.1. The molecule has 0 unspecified atom stereocenters. The summed E-state index contributed by atoms with van der Waals surface area (Å²) < 4.78 is 57.9. The Balaban J connectivity index is 2.28. The van der Waals surface area contributed by atoms with E-state index in [1.54, 1.807) is 18.2 Å². The third-order valence-corrected chi connectivity index (χ3v) is 5.66. The molecule has 0 aliphatic rings. The second-order valence-corrected chi connectivity index (χ2v) is 8.89. The van der Waals surface area contributed by atoms with Crippen LogP contribution in [-0.4, -0.2) is 15.0 Å². The quantitative estimate of drug-likeness (QED) is 0.301. The SMILES string of the molecule is CCCCCNS(=O)(=O)Nc1ccc(F)c(F)c1Nc1ccc(I)cc1Cl. The predicted molar refractivity (Wildman–Crippen MR) is 114 cm³/mol. The number of rotatable bonds is 9. The lowest BCUT2D eigenvalue weighted by Gasteiger charge is -2.16. The van der Waals surface area contributed by atoms with E-state index >= 15 is 0 Å². The third kappa shape index (κ3) is 6.44. The molecule has 0 aliphatic heterocycles. The first-order valence-electron chi connectivity index (χ1n) is 8.21. The van der Waals surface area contributed by atoms with Crippen molar-refractivity contribution < 1.29 is 17.2 Å². The van der Waals surface area contributed by atoms with Crippen molar-refractivity contribution in [2.45, 2.75) is 26.2 Å². The highest BCUT2D eigenvalue weighted by molar-refractivity contribution is 14.1. The standard InChI is InChI=1S/C17H19ClF2IN3O2S/c1-2-3-4-9-22-27(25,26)24-15-8-6-13(19)16(20)17(15)23-14-7-5-11(21)10-12(14)18/h5-8,10,22-24H,2-4,9H2,1H3. The van der Waals surface area contributed by atoms with Gasteiger partial charge in [-0.3, -0.25) is 4.72 Å². The van der Waals surface area contributed by atoms with Gasteiger partial charge in [-0.25, -0.2) is 8.78 Å². The van der Waals surface area contributed by atoms with Gasteiger partial charge in [-0.05, 0) is 59.3 Å². The van der Waals surface area contributed by atoms with Crippen LogP contribution in [-0.2, 0) is 10.2 Å². The maximum Gasteiger partial charge on any atom is 0.299 e. The molecule has 2 aromatic carbocycles. The molecule has 2 aromatic rings. The largest absolute Gasteiger partial charge is 0.350 e. The Labute approximate surface area is 176 Å². The van der Waals surface area contributed by atoms with Gasteiger partial charge in [0.25, 0.3) is 10.2 Å². The van der Waals surface area contributed by atoms with E-state index in [2.05, 4.69) is 37.4 Å². The molecule has 0 radical (unpaired) electrons. The molecule has 0 aromatic heterocycles. The maximum atomic E-state index is 14.3. The molecule has 0 fully saturated rings. The number of benzene rings is 2. The molecular weight excluding hydrogens is 511 g/mol. The summed E-state index contributed by atoms with van der Waals surface area (Å²) in [5.41, 5.74) is -0.165. The van der Waals surface area contributed by atoms with Crippen LogP contribution in [0.5, 0.6) is 0 Å². The molecule has 0 spiro atoms. The van der Waals surface area contributed by atoms with Gasteiger partial charge < -0.3 is 5.32 Å². The van der Waals surface area contributed by atoms with E-state index in [0.717, 1.165) is 28.5 Å². The van der Waals surface area contributed by atoms with Crippen LogP contribution in [0.3, 0.4) is 0 Å². The number of unbranched alkanes of at least 4 members (excludes halogenated alkanes) is 2. The van der Waals surface area contributed by atoms with Crippen molar-refractivity contribution in [3.05, 3.63) is 50.6 Å².